The van der Waals surface area contributed by atoms with E-state index in [0.717, 1.165) is 6.42 Å². The van der Waals surface area contributed by atoms with Crippen molar-refractivity contribution in [1.29, 1.82) is 0 Å². The molecule has 0 saturated heterocycles. The molecule has 0 fully saturated rings. The highest BCUT2D eigenvalue weighted by atomic mass is 35.5. The van der Waals surface area contributed by atoms with E-state index in [1.165, 1.54) is 11.8 Å². The normalized spacial score (nSPS) is 27.5. The van der Waals surface area contributed by atoms with E-state index in [0.29, 0.717) is 12.8 Å². The van der Waals surface area contributed by atoms with E-state index in [4.69, 9.17) is 21.4 Å². The largest absolute Gasteiger partial charge is 0.483 e. The van der Waals surface area contributed by atoms with Crippen LogP contribution in [0.5, 0.6) is 0 Å². The Morgan fingerprint density at radius 1 is 1.77 bits per heavy atom. The molecule has 4 heteroatoms. The third kappa shape index (κ3) is 2.25. The van der Waals surface area contributed by atoms with Crippen molar-refractivity contribution in [2.45, 2.75) is 24.9 Å². The number of hydrogen-bond acceptors (Lipinski definition) is 2. The minimum Gasteiger partial charge on any atom is -0.483 e. The highest BCUT2D eigenvalue weighted by molar-refractivity contribution is 6.25. The topological polar surface area (TPSA) is 46.5 Å². The van der Waals surface area contributed by atoms with Crippen molar-refractivity contribution in [3.8, 4) is 0 Å². The third-order valence-corrected chi connectivity index (χ3v) is 2.21. The number of allylic oxidation sites excluding steroid dienone is 1. The molecule has 0 aromatic heterocycles. The molecule has 1 N–H and O–H groups in total. The van der Waals surface area contributed by atoms with E-state index in [9.17, 15) is 4.79 Å². The van der Waals surface area contributed by atoms with E-state index in [2.05, 4.69) is 0 Å². The number of ether oxygens (including phenoxy) is 1. The molecule has 0 saturated carbocycles. The van der Waals surface area contributed by atoms with Gasteiger partial charge in [0.25, 0.3) is 0 Å². The fourth-order valence-corrected chi connectivity index (χ4v) is 1.34. The third-order valence-electron chi connectivity index (χ3n) is 2.03. The van der Waals surface area contributed by atoms with Crippen LogP contribution in [-0.4, -0.2) is 16.7 Å². The Morgan fingerprint density at radius 2 is 2.54 bits per heavy atom. The number of aliphatic carboxylic acids is 1. The molecule has 3 nitrogen and oxygen atoms in total. The minimum atomic E-state index is -1.11. The maximum absolute atomic E-state index is 10.9. The average Bonchev–Trinajstić information content (AvgIpc) is 2.16. The Hall–Kier alpha value is -0.960. The van der Waals surface area contributed by atoms with Gasteiger partial charge in [-0.15, -0.1) is 0 Å². The van der Waals surface area contributed by atoms with E-state index in [-0.39, 0.29) is 0 Å². The van der Waals surface area contributed by atoms with Crippen LogP contribution in [0.2, 0.25) is 0 Å². The summed E-state index contributed by atoms with van der Waals surface area (Å²) in [5.41, 5.74) is 0.201. The molecule has 0 radical (unpaired) electrons. The molecule has 1 aliphatic rings. The molecule has 1 rings (SSSR count). The summed E-state index contributed by atoms with van der Waals surface area (Å²) in [5.74, 6) is -0.938. The number of carboxylic acids is 1. The van der Waals surface area contributed by atoms with Crippen molar-refractivity contribution < 1.29 is 14.6 Å². The van der Waals surface area contributed by atoms with Crippen LogP contribution in [0.4, 0.5) is 0 Å². The van der Waals surface area contributed by atoms with Crippen LogP contribution in [0, 0.1) is 0 Å². The van der Waals surface area contributed by atoms with Crippen molar-refractivity contribution in [2.75, 3.05) is 0 Å². The van der Waals surface area contributed by atoms with Crippen molar-refractivity contribution in [1.82, 2.24) is 0 Å². The zero-order valence-corrected chi connectivity index (χ0v) is 7.83. The number of carboxylic acid groups (broad SMARTS) is 1. The second kappa shape index (κ2) is 4.33. The molecule has 0 aliphatic carbocycles. The highest BCUT2D eigenvalue weighted by Gasteiger charge is 2.39. The first kappa shape index (κ1) is 10.1. The summed E-state index contributed by atoms with van der Waals surface area (Å²) in [4.78, 5) is 10.9. The summed E-state index contributed by atoms with van der Waals surface area (Å²) in [5, 5.41) is 8.98. The summed E-state index contributed by atoms with van der Waals surface area (Å²) >= 11 is 5.34. The van der Waals surface area contributed by atoms with Crippen LogP contribution in [0.15, 0.2) is 23.9 Å². The molecule has 0 aromatic carbocycles. The van der Waals surface area contributed by atoms with Gasteiger partial charge in [-0.1, -0.05) is 17.7 Å². The van der Waals surface area contributed by atoms with Crippen LogP contribution in [0.3, 0.4) is 0 Å². The number of halogens is 1. The van der Waals surface area contributed by atoms with Gasteiger partial charge in [0.15, 0.2) is 0 Å². The van der Waals surface area contributed by atoms with Gasteiger partial charge in [-0.05, 0) is 12.5 Å². The highest BCUT2D eigenvalue weighted by Crippen LogP contribution is 2.27. The van der Waals surface area contributed by atoms with Gasteiger partial charge in [0.05, 0.1) is 6.26 Å². The van der Waals surface area contributed by atoms with Gasteiger partial charge in [-0.3, -0.25) is 0 Å². The minimum absolute atomic E-state index is 0.302. The standard InChI is InChI=1S/C9H11ClO3/c10-6-3-5-9(8(11)12)4-1-2-7-13-9/h2-3,6-7H,1,4-5H2,(H,11,12)/b6-3+. The molecule has 1 unspecified atom stereocenters. The van der Waals surface area contributed by atoms with Crippen molar-refractivity contribution in [3.63, 3.8) is 0 Å². The zero-order chi connectivity index (χ0) is 9.73. The fraction of sp³-hybridized carbons (Fsp3) is 0.444. The molecular formula is C9H11ClO3. The Morgan fingerprint density at radius 3 is 3.00 bits per heavy atom. The van der Waals surface area contributed by atoms with E-state index in [1.807, 2.05) is 6.08 Å². The summed E-state index contributed by atoms with van der Waals surface area (Å²) in [6.45, 7) is 0. The lowest BCUT2D eigenvalue weighted by molar-refractivity contribution is -0.160. The SMILES string of the molecule is O=C(O)C1(C/C=C/Cl)CCC=CO1. The molecule has 1 heterocycles. The zero-order valence-electron chi connectivity index (χ0n) is 7.07. The maximum atomic E-state index is 10.9. The molecule has 1 aliphatic heterocycles. The van der Waals surface area contributed by atoms with E-state index in [1.54, 1.807) is 6.08 Å². The lowest BCUT2D eigenvalue weighted by Crippen LogP contribution is -2.41. The Balaban J connectivity index is 2.74. The average molecular weight is 203 g/mol. The maximum Gasteiger partial charge on any atom is 0.348 e. The summed E-state index contributed by atoms with van der Waals surface area (Å²) in [7, 11) is 0. The first-order valence-corrected chi connectivity index (χ1v) is 4.46. The van der Waals surface area contributed by atoms with Crippen molar-refractivity contribution >= 4 is 17.6 Å². The fourth-order valence-electron chi connectivity index (χ4n) is 1.25. The number of hydrogen-bond donors (Lipinski definition) is 1. The quantitative estimate of drug-likeness (QED) is 0.764. The van der Waals surface area contributed by atoms with Gasteiger partial charge in [-0.2, -0.15) is 0 Å². The van der Waals surface area contributed by atoms with Crippen LogP contribution in [-0.2, 0) is 9.53 Å². The van der Waals surface area contributed by atoms with Crippen LogP contribution < -0.4 is 0 Å². The molecular weight excluding hydrogens is 192 g/mol. The molecule has 0 spiro atoms. The summed E-state index contributed by atoms with van der Waals surface area (Å²) < 4.78 is 5.14. The summed E-state index contributed by atoms with van der Waals surface area (Å²) in [6, 6.07) is 0. The van der Waals surface area contributed by atoms with Gasteiger partial charge in [0.2, 0.25) is 5.60 Å². The smallest absolute Gasteiger partial charge is 0.348 e. The first-order valence-electron chi connectivity index (χ1n) is 4.03. The molecule has 0 aromatic rings. The predicted octanol–water partition coefficient (Wildman–Crippen LogP) is 2.28. The molecule has 1 atom stereocenters. The van der Waals surface area contributed by atoms with E-state index >= 15 is 0 Å². The van der Waals surface area contributed by atoms with E-state index < -0.39 is 11.6 Å². The van der Waals surface area contributed by atoms with Crippen LogP contribution >= 0.6 is 11.6 Å². The van der Waals surface area contributed by atoms with Gasteiger partial charge < -0.3 is 9.84 Å². The lowest BCUT2D eigenvalue weighted by Gasteiger charge is -2.29. The second-order valence-electron chi connectivity index (χ2n) is 2.89. The van der Waals surface area contributed by atoms with Crippen molar-refractivity contribution in [3.05, 3.63) is 23.9 Å². The molecule has 13 heavy (non-hydrogen) atoms. The Kier molecular flexibility index (Phi) is 3.37. The number of carbonyl (C=O) groups is 1. The monoisotopic (exact) mass is 202 g/mol. The van der Waals surface area contributed by atoms with Crippen molar-refractivity contribution in [2.24, 2.45) is 0 Å². The lowest BCUT2D eigenvalue weighted by atomic mass is 9.92. The summed E-state index contributed by atoms with van der Waals surface area (Å²) in [6.07, 6.45) is 6.36. The molecule has 0 bridgehead atoms. The predicted molar refractivity (Wildman–Crippen MR) is 49.4 cm³/mol. The van der Waals surface area contributed by atoms with Crippen LogP contribution in [0.25, 0.3) is 0 Å². The first-order chi connectivity index (χ1) is 6.21. The molecule has 72 valence electrons. The van der Waals surface area contributed by atoms with Gasteiger partial charge in [0.1, 0.15) is 0 Å². The Labute approximate surface area is 81.6 Å². The van der Waals surface area contributed by atoms with Crippen LogP contribution in [0.1, 0.15) is 19.3 Å². The van der Waals surface area contributed by atoms with Gasteiger partial charge in [0, 0.05) is 18.4 Å². The molecule has 0 amide bonds. The number of rotatable bonds is 3. The second-order valence-corrected chi connectivity index (χ2v) is 3.15. The Bertz CT molecular complexity index is 247. The van der Waals surface area contributed by atoms with Gasteiger partial charge >= 0.3 is 5.97 Å². The van der Waals surface area contributed by atoms with Gasteiger partial charge in [-0.25, -0.2) is 4.79 Å².